The molecule has 3 aromatic carbocycles. The van der Waals surface area contributed by atoms with Crippen LogP contribution in [0.25, 0.3) is 0 Å². The van der Waals surface area contributed by atoms with Gasteiger partial charge in [-0.25, -0.2) is 9.59 Å². The minimum Gasteiger partial charge on any atom is -0.480 e. The molecule has 0 bridgehead atoms. The number of piperazine rings is 1. The van der Waals surface area contributed by atoms with Crippen LogP contribution in [0.3, 0.4) is 0 Å². The van der Waals surface area contributed by atoms with Gasteiger partial charge in [-0.3, -0.25) is 9.69 Å². The van der Waals surface area contributed by atoms with Crippen molar-refractivity contribution in [2.24, 2.45) is 5.92 Å². The van der Waals surface area contributed by atoms with Crippen LogP contribution in [-0.4, -0.2) is 94.0 Å². The average molecular weight is 569 g/mol. The molecule has 2 aliphatic rings. The lowest BCUT2D eigenvalue weighted by Crippen LogP contribution is -2.60. The fourth-order valence-electron chi connectivity index (χ4n) is 6.65. The number of benzene rings is 3. The number of rotatable bonds is 8. The number of carboxylic acid groups (broad SMARTS) is 1. The van der Waals surface area contributed by atoms with Crippen molar-refractivity contribution in [1.29, 1.82) is 0 Å². The topological polar surface area (TPSA) is 84.2 Å². The molecular formula is C34H40N4O4. The summed E-state index contributed by atoms with van der Waals surface area (Å²) in [4.78, 5) is 46.3. The number of amides is 3. The zero-order valence-corrected chi connectivity index (χ0v) is 24.8. The number of aliphatic carboxylic acids is 1. The number of likely N-dealkylation sites (N-methyl/N-ethyl adjacent to an activating group) is 1. The summed E-state index contributed by atoms with van der Waals surface area (Å²) in [5.74, 6) is -1.19. The van der Waals surface area contributed by atoms with E-state index in [0.717, 1.165) is 16.7 Å². The molecule has 3 amide bonds. The predicted octanol–water partition coefficient (Wildman–Crippen LogP) is 4.36. The van der Waals surface area contributed by atoms with Gasteiger partial charge in [0.2, 0.25) is 5.91 Å². The van der Waals surface area contributed by atoms with Crippen molar-refractivity contribution in [3.63, 3.8) is 0 Å². The summed E-state index contributed by atoms with van der Waals surface area (Å²) in [7, 11) is 1.54. The highest BCUT2D eigenvalue weighted by Crippen LogP contribution is 2.48. The largest absolute Gasteiger partial charge is 0.480 e. The Morgan fingerprint density at radius 3 is 1.69 bits per heavy atom. The molecule has 3 aromatic rings. The van der Waals surface area contributed by atoms with Crippen molar-refractivity contribution >= 4 is 17.9 Å². The minimum atomic E-state index is -1.02. The summed E-state index contributed by atoms with van der Waals surface area (Å²) in [6, 6.07) is 29.3. The van der Waals surface area contributed by atoms with E-state index in [0.29, 0.717) is 26.2 Å². The van der Waals surface area contributed by atoms with Gasteiger partial charge in [-0.1, -0.05) is 105 Å². The van der Waals surface area contributed by atoms with Crippen molar-refractivity contribution in [3.8, 4) is 0 Å². The van der Waals surface area contributed by atoms with Gasteiger partial charge in [0.15, 0.2) is 0 Å². The molecule has 8 heteroatoms. The Morgan fingerprint density at radius 1 is 0.810 bits per heavy atom. The number of carbonyl (C=O) groups is 3. The minimum absolute atomic E-state index is 0.0562. The maximum Gasteiger partial charge on any atom is 0.326 e. The van der Waals surface area contributed by atoms with Crippen LogP contribution in [0.1, 0.15) is 37.5 Å². The summed E-state index contributed by atoms with van der Waals surface area (Å²) < 4.78 is 0. The van der Waals surface area contributed by atoms with E-state index in [2.05, 4.69) is 41.3 Å². The van der Waals surface area contributed by atoms with E-state index < -0.39 is 17.6 Å². The highest BCUT2D eigenvalue weighted by atomic mass is 16.4. The normalized spacial score (nSPS) is 21.1. The number of hydrogen-bond donors (Lipinski definition) is 1. The van der Waals surface area contributed by atoms with Gasteiger partial charge >= 0.3 is 12.0 Å². The Kier molecular flexibility index (Phi) is 8.36. The van der Waals surface area contributed by atoms with Crippen molar-refractivity contribution < 1.29 is 19.5 Å². The van der Waals surface area contributed by atoms with Crippen LogP contribution in [0.5, 0.6) is 0 Å². The zero-order chi connectivity index (χ0) is 30.0. The molecule has 0 spiro atoms. The summed E-state index contributed by atoms with van der Waals surface area (Å²) in [6.07, 6.45) is 0. The second-order valence-corrected chi connectivity index (χ2v) is 11.7. The fourth-order valence-corrected chi connectivity index (χ4v) is 6.65. The van der Waals surface area contributed by atoms with E-state index in [1.165, 1.54) is 4.90 Å². The van der Waals surface area contributed by atoms with Crippen molar-refractivity contribution in [2.45, 2.75) is 44.4 Å². The monoisotopic (exact) mass is 568 g/mol. The van der Waals surface area contributed by atoms with Crippen molar-refractivity contribution in [1.82, 2.24) is 19.6 Å². The molecule has 0 aromatic heterocycles. The van der Waals surface area contributed by atoms with Crippen LogP contribution in [0, 0.1) is 5.92 Å². The van der Waals surface area contributed by atoms with Crippen LogP contribution in [0.15, 0.2) is 91.0 Å². The number of hydrogen-bond acceptors (Lipinski definition) is 4. The van der Waals surface area contributed by atoms with E-state index in [1.54, 1.807) is 25.8 Å². The Bertz CT molecular complexity index is 1300. The maximum absolute atomic E-state index is 14.1. The molecule has 2 heterocycles. The SMILES string of the molecule is CC(C)[C@@H](C(=O)O)N(C)C(=O)N1CCN(C(=O)C2CN2C(c2ccccc2)(c2ccccc2)c2ccccc2)[C@H](C)C1. The molecule has 2 saturated heterocycles. The highest BCUT2D eigenvalue weighted by molar-refractivity contribution is 5.87. The van der Waals surface area contributed by atoms with Crippen LogP contribution >= 0.6 is 0 Å². The first kappa shape index (κ1) is 29.3. The molecular weight excluding hydrogens is 528 g/mol. The molecule has 4 atom stereocenters. The Balaban J connectivity index is 1.39. The van der Waals surface area contributed by atoms with Gasteiger partial charge in [0.25, 0.3) is 0 Å². The van der Waals surface area contributed by atoms with Gasteiger partial charge in [0.05, 0.1) is 5.54 Å². The van der Waals surface area contributed by atoms with E-state index in [4.69, 9.17) is 0 Å². The molecule has 8 nitrogen and oxygen atoms in total. The lowest BCUT2D eigenvalue weighted by molar-refractivity contribution is -0.143. The molecule has 0 aliphatic carbocycles. The molecule has 5 rings (SSSR count). The second-order valence-electron chi connectivity index (χ2n) is 11.7. The lowest BCUT2D eigenvalue weighted by Gasteiger charge is -2.43. The average Bonchev–Trinajstić information content (AvgIpc) is 3.79. The highest BCUT2D eigenvalue weighted by Gasteiger charge is 2.57. The molecule has 2 aliphatic heterocycles. The van der Waals surface area contributed by atoms with Gasteiger partial charge in [-0.2, -0.15) is 0 Å². The number of nitrogens with zero attached hydrogens (tertiary/aromatic N) is 4. The Morgan fingerprint density at radius 2 is 1.29 bits per heavy atom. The Hall–Kier alpha value is -4.17. The number of carbonyl (C=O) groups excluding carboxylic acids is 2. The fraction of sp³-hybridized carbons (Fsp3) is 0.382. The van der Waals surface area contributed by atoms with E-state index >= 15 is 0 Å². The smallest absolute Gasteiger partial charge is 0.326 e. The third-order valence-electron chi connectivity index (χ3n) is 8.69. The molecule has 0 radical (unpaired) electrons. The van der Waals surface area contributed by atoms with Crippen LogP contribution in [0.4, 0.5) is 4.79 Å². The van der Waals surface area contributed by atoms with Gasteiger partial charge in [0.1, 0.15) is 12.1 Å². The number of urea groups is 1. The molecule has 1 N–H and O–H groups in total. The summed E-state index contributed by atoms with van der Waals surface area (Å²) >= 11 is 0. The van der Waals surface area contributed by atoms with Gasteiger partial charge in [-0.15, -0.1) is 0 Å². The lowest BCUT2D eigenvalue weighted by atomic mass is 9.76. The van der Waals surface area contributed by atoms with Crippen LogP contribution in [-0.2, 0) is 15.1 Å². The van der Waals surface area contributed by atoms with Gasteiger partial charge in [-0.05, 0) is 29.5 Å². The number of carboxylic acids is 1. The molecule has 220 valence electrons. The quantitative estimate of drug-likeness (QED) is 0.323. The van der Waals surface area contributed by atoms with E-state index in [1.807, 2.05) is 66.4 Å². The van der Waals surface area contributed by atoms with E-state index in [-0.39, 0.29) is 29.9 Å². The Labute approximate surface area is 248 Å². The van der Waals surface area contributed by atoms with Crippen LogP contribution in [0.2, 0.25) is 0 Å². The van der Waals surface area contributed by atoms with Gasteiger partial charge < -0.3 is 19.8 Å². The first-order chi connectivity index (χ1) is 20.2. The first-order valence-corrected chi connectivity index (χ1v) is 14.7. The van der Waals surface area contributed by atoms with Crippen LogP contribution < -0.4 is 0 Å². The van der Waals surface area contributed by atoms with Gasteiger partial charge in [0, 0.05) is 39.3 Å². The molecule has 2 unspecified atom stereocenters. The first-order valence-electron chi connectivity index (χ1n) is 14.7. The summed E-state index contributed by atoms with van der Waals surface area (Å²) in [5, 5.41) is 9.66. The second kappa shape index (κ2) is 12.0. The molecule has 0 saturated carbocycles. The predicted molar refractivity (Wildman–Crippen MR) is 162 cm³/mol. The van der Waals surface area contributed by atoms with Crippen molar-refractivity contribution in [3.05, 3.63) is 108 Å². The van der Waals surface area contributed by atoms with E-state index in [9.17, 15) is 19.5 Å². The third kappa shape index (κ3) is 5.27. The molecule has 42 heavy (non-hydrogen) atoms. The molecule has 2 fully saturated rings. The third-order valence-corrected chi connectivity index (χ3v) is 8.69. The zero-order valence-electron chi connectivity index (χ0n) is 24.8. The maximum atomic E-state index is 14.1. The summed E-state index contributed by atoms with van der Waals surface area (Å²) in [5.41, 5.74) is 2.66. The van der Waals surface area contributed by atoms with Crippen molar-refractivity contribution in [2.75, 3.05) is 33.2 Å². The standard InChI is InChI=1S/C34H40N4O4/c1-24(2)30(32(40)41)35(4)33(42)36-20-21-37(25(3)22-36)31(39)29-23-38(29)34(26-14-8-5-9-15-26,27-16-10-6-11-17-27)28-18-12-7-13-19-28/h5-19,24-25,29-30H,20-23H2,1-4H3,(H,40,41)/t25-,29?,30+,38?/m1/s1. The summed E-state index contributed by atoms with van der Waals surface area (Å²) in [6.45, 7) is 7.27.